The van der Waals surface area contributed by atoms with Crippen LogP contribution in [-0.2, 0) is 0 Å². The number of hydrogen-bond donors (Lipinski definition) is 1. The minimum atomic E-state index is 0.395. The Kier molecular flexibility index (Phi) is 6.15. The summed E-state index contributed by atoms with van der Waals surface area (Å²) in [6.07, 6.45) is 4.10. The van der Waals surface area contributed by atoms with Crippen molar-refractivity contribution in [1.29, 1.82) is 0 Å². The number of nitrogens with two attached hydrogens (primary N) is 1. The molecule has 1 atom stereocenters. The Morgan fingerprint density at radius 2 is 1.87 bits per heavy atom. The van der Waals surface area contributed by atoms with Gasteiger partial charge in [-0.25, -0.2) is 0 Å². The van der Waals surface area contributed by atoms with Crippen LogP contribution in [0.15, 0.2) is 36.0 Å². The highest BCUT2D eigenvalue weighted by molar-refractivity contribution is 6.65. The van der Waals surface area contributed by atoms with Crippen LogP contribution in [0.5, 0.6) is 0 Å². The van der Waals surface area contributed by atoms with E-state index in [1.165, 1.54) is 5.57 Å². The molecule has 0 aliphatic rings. The van der Waals surface area contributed by atoms with Gasteiger partial charge in [-0.15, -0.1) is 5.98 Å². The van der Waals surface area contributed by atoms with E-state index in [-0.39, 0.29) is 0 Å². The summed E-state index contributed by atoms with van der Waals surface area (Å²) in [5.74, 6) is 3.11. The van der Waals surface area contributed by atoms with Gasteiger partial charge in [0.2, 0.25) is 0 Å². The van der Waals surface area contributed by atoms with Crippen molar-refractivity contribution in [3.05, 3.63) is 36.0 Å². The third-order valence-electron chi connectivity index (χ3n) is 3.00. The average Bonchev–Trinajstić information content (AvgIpc) is 2.22. The molecule has 0 rings (SSSR count). The van der Waals surface area contributed by atoms with E-state index in [1.54, 1.807) is 0 Å². The zero-order valence-electron chi connectivity index (χ0n) is 10.7. The molecule has 1 unspecified atom stereocenters. The van der Waals surface area contributed by atoms with Crippen LogP contribution in [-0.4, -0.2) is 6.71 Å². The van der Waals surface area contributed by atoms with Gasteiger partial charge < -0.3 is 5.73 Å². The van der Waals surface area contributed by atoms with Crippen LogP contribution in [0.1, 0.15) is 27.7 Å². The summed E-state index contributed by atoms with van der Waals surface area (Å²) in [6.45, 7) is 15.1. The van der Waals surface area contributed by atoms with Crippen LogP contribution >= 0.6 is 0 Å². The summed E-state index contributed by atoms with van der Waals surface area (Å²) < 4.78 is 0. The molecule has 2 heteroatoms. The van der Waals surface area contributed by atoms with Crippen LogP contribution in [0.25, 0.3) is 0 Å². The summed E-state index contributed by atoms with van der Waals surface area (Å²) in [7, 11) is 0. The fourth-order valence-electron chi connectivity index (χ4n) is 1.20. The van der Waals surface area contributed by atoms with Gasteiger partial charge in [0.15, 0.2) is 6.71 Å². The van der Waals surface area contributed by atoms with Crippen molar-refractivity contribution in [3.8, 4) is 0 Å². The van der Waals surface area contributed by atoms with E-state index in [4.69, 9.17) is 5.73 Å². The lowest BCUT2D eigenvalue weighted by Crippen LogP contribution is -2.18. The monoisotopic (exact) mass is 205 g/mol. The molecule has 0 radical (unpaired) electrons. The first-order chi connectivity index (χ1) is 6.90. The molecule has 0 bridgehead atoms. The van der Waals surface area contributed by atoms with Crippen LogP contribution in [0.4, 0.5) is 0 Å². The maximum Gasteiger partial charge on any atom is 0.172 e. The minimum absolute atomic E-state index is 0.395. The largest absolute Gasteiger partial charge is 0.403 e. The standard InChI is InChI=1S/C13H24BN/c1-7-13(15)12(5)14(6)9-8-11(4)10(2)3/h7-10,12H,4,15H2,1-3,5-6H3/b9-8-,13-7-. The second-order valence-corrected chi connectivity index (χ2v) is 4.53. The predicted octanol–water partition coefficient (Wildman–Crippen LogP) is 3.67. The summed E-state index contributed by atoms with van der Waals surface area (Å²) >= 11 is 0. The SMILES string of the molecule is C=C(/C=C\B(C)C(C)/C(N)=C/C)C(C)C. The van der Waals surface area contributed by atoms with Crippen molar-refractivity contribution in [2.45, 2.75) is 40.3 Å². The number of rotatable bonds is 5. The van der Waals surface area contributed by atoms with E-state index in [1.807, 2.05) is 13.0 Å². The molecule has 84 valence electrons. The first-order valence-corrected chi connectivity index (χ1v) is 5.68. The third-order valence-corrected chi connectivity index (χ3v) is 3.00. The maximum atomic E-state index is 5.89. The molecule has 0 spiro atoms. The van der Waals surface area contributed by atoms with Crippen molar-refractivity contribution < 1.29 is 0 Å². The smallest absolute Gasteiger partial charge is 0.172 e. The van der Waals surface area contributed by atoms with E-state index in [2.05, 4.69) is 46.2 Å². The van der Waals surface area contributed by atoms with E-state index >= 15 is 0 Å². The molecule has 0 aromatic heterocycles. The highest BCUT2D eigenvalue weighted by Gasteiger charge is 2.14. The van der Waals surface area contributed by atoms with Crippen molar-refractivity contribution in [2.75, 3.05) is 0 Å². The Balaban J connectivity index is 4.36. The minimum Gasteiger partial charge on any atom is -0.403 e. The molecule has 0 fully saturated rings. The summed E-state index contributed by atoms with van der Waals surface area (Å²) in [5, 5.41) is 0. The Bertz CT molecular complexity index is 264. The van der Waals surface area contributed by atoms with Crippen LogP contribution in [0.3, 0.4) is 0 Å². The summed E-state index contributed by atoms with van der Waals surface area (Å²) in [6, 6.07) is 0. The predicted molar refractivity (Wildman–Crippen MR) is 72.1 cm³/mol. The van der Waals surface area contributed by atoms with Gasteiger partial charge in [0.1, 0.15) is 0 Å². The molecule has 1 nitrogen and oxygen atoms in total. The van der Waals surface area contributed by atoms with E-state index in [9.17, 15) is 0 Å². The van der Waals surface area contributed by atoms with Gasteiger partial charge in [0, 0.05) is 0 Å². The van der Waals surface area contributed by atoms with E-state index in [0.717, 1.165) is 5.70 Å². The Labute approximate surface area is 95.2 Å². The van der Waals surface area contributed by atoms with Gasteiger partial charge >= 0.3 is 0 Å². The van der Waals surface area contributed by atoms with Crippen molar-refractivity contribution in [3.63, 3.8) is 0 Å². The fraction of sp³-hybridized carbons (Fsp3) is 0.538. The highest BCUT2D eigenvalue weighted by atomic mass is 14.6. The molecule has 2 N–H and O–H groups in total. The Morgan fingerprint density at radius 3 is 2.27 bits per heavy atom. The molecule has 0 aliphatic heterocycles. The van der Waals surface area contributed by atoms with Gasteiger partial charge in [-0.05, 0) is 24.4 Å². The van der Waals surface area contributed by atoms with E-state index < -0.39 is 0 Å². The van der Waals surface area contributed by atoms with E-state index in [0.29, 0.717) is 18.4 Å². The zero-order chi connectivity index (χ0) is 12.0. The maximum absolute atomic E-state index is 5.89. The molecule has 0 amide bonds. The quantitative estimate of drug-likeness (QED) is 0.537. The molecule has 0 aromatic rings. The lowest BCUT2D eigenvalue weighted by molar-refractivity contribution is 0.795. The van der Waals surface area contributed by atoms with Gasteiger partial charge in [-0.3, -0.25) is 0 Å². The zero-order valence-corrected chi connectivity index (χ0v) is 10.7. The molecular weight excluding hydrogens is 181 g/mol. The summed E-state index contributed by atoms with van der Waals surface area (Å²) in [5.41, 5.74) is 8.02. The first-order valence-electron chi connectivity index (χ1n) is 5.68. The van der Waals surface area contributed by atoms with Crippen molar-refractivity contribution >= 4 is 6.71 Å². The average molecular weight is 205 g/mol. The highest BCUT2D eigenvalue weighted by Crippen LogP contribution is 2.18. The topological polar surface area (TPSA) is 26.0 Å². The first kappa shape index (κ1) is 14.1. The number of allylic oxidation sites excluding steroid dienone is 4. The molecule has 0 aliphatic carbocycles. The molecule has 0 aromatic carbocycles. The second kappa shape index (κ2) is 6.55. The molecular formula is C13H24BN. The second-order valence-electron chi connectivity index (χ2n) is 4.53. The van der Waals surface area contributed by atoms with Gasteiger partial charge in [0.25, 0.3) is 0 Å². The lowest BCUT2D eigenvalue weighted by Gasteiger charge is -2.14. The number of hydrogen-bond acceptors (Lipinski definition) is 1. The lowest BCUT2D eigenvalue weighted by atomic mass is 9.42. The van der Waals surface area contributed by atoms with Crippen LogP contribution < -0.4 is 5.73 Å². The molecule has 0 heterocycles. The fourth-order valence-corrected chi connectivity index (χ4v) is 1.20. The Morgan fingerprint density at radius 1 is 1.33 bits per heavy atom. The van der Waals surface area contributed by atoms with Crippen molar-refractivity contribution in [1.82, 2.24) is 0 Å². The molecule has 15 heavy (non-hydrogen) atoms. The van der Waals surface area contributed by atoms with Gasteiger partial charge in [0.05, 0.1) is 0 Å². The molecule has 0 saturated carbocycles. The molecule has 0 saturated heterocycles. The van der Waals surface area contributed by atoms with Gasteiger partial charge in [-0.2, -0.15) is 0 Å². The Hall–Kier alpha value is -0.915. The van der Waals surface area contributed by atoms with Crippen LogP contribution in [0.2, 0.25) is 12.6 Å². The van der Waals surface area contributed by atoms with Gasteiger partial charge in [-0.1, -0.05) is 51.9 Å². The third kappa shape index (κ3) is 4.92. The van der Waals surface area contributed by atoms with Crippen LogP contribution in [0, 0.1) is 5.92 Å². The van der Waals surface area contributed by atoms with Crippen molar-refractivity contribution in [2.24, 2.45) is 11.7 Å². The normalized spacial score (nSPS) is 14.7. The summed E-state index contributed by atoms with van der Waals surface area (Å²) in [4.78, 5) is 0.